The fourth-order valence-corrected chi connectivity index (χ4v) is 4.49. The molecule has 17 heavy (non-hydrogen) atoms. The van der Waals surface area contributed by atoms with Gasteiger partial charge in [-0.05, 0) is 42.9 Å². The van der Waals surface area contributed by atoms with Gasteiger partial charge in [0.1, 0.15) is 6.42 Å². The van der Waals surface area contributed by atoms with Crippen LogP contribution in [0.2, 0.25) is 0 Å². The summed E-state index contributed by atoms with van der Waals surface area (Å²) < 4.78 is 0. The molecule has 1 heterocycles. The molecule has 3 saturated carbocycles. The predicted molar refractivity (Wildman–Crippen MR) is 56.6 cm³/mol. The molecular weight excluding hydrogens is 220 g/mol. The minimum Gasteiger partial charge on any atom is -0.277 e. The van der Waals surface area contributed by atoms with Crippen molar-refractivity contribution in [1.82, 2.24) is 10.2 Å². The van der Waals surface area contributed by atoms with Gasteiger partial charge in [0.25, 0.3) is 0 Å². The van der Waals surface area contributed by atoms with Gasteiger partial charge >= 0.3 is 6.03 Å². The molecule has 0 spiro atoms. The fraction of sp³-hybridized carbons (Fsp3) is 0.750. The number of hydrogen-bond acceptors (Lipinski definition) is 3. The molecule has 1 aliphatic heterocycles. The highest BCUT2D eigenvalue weighted by atomic mass is 16.2. The molecule has 2 bridgehead atoms. The van der Waals surface area contributed by atoms with Crippen LogP contribution in [0, 0.1) is 23.7 Å². The zero-order valence-electron chi connectivity index (χ0n) is 9.39. The summed E-state index contributed by atoms with van der Waals surface area (Å²) in [4.78, 5) is 36.0. The maximum atomic E-state index is 11.8. The van der Waals surface area contributed by atoms with E-state index in [4.69, 9.17) is 0 Å². The van der Waals surface area contributed by atoms with E-state index in [1.54, 1.807) is 0 Å². The van der Waals surface area contributed by atoms with Crippen LogP contribution in [0.15, 0.2) is 0 Å². The largest absolute Gasteiger partial charge is 0.331 e. The number of amides is 4. The highest BCUT2D eigenvalue weighted by Gasteiger charge is 2.68. The number of barbiturate groups is 1. The number of urea groups is 1. The highest BCUT2D eigenvalue weighted by molar-refractivity contribution is 6.14. The average molecular weight is 234 g/mol. The third kappa shape index (κ3) is 1.12. The van der Waals surface area contributed by atoms with Crippen LogP contribution in [0.4, 0.5) is 4.79 Å². The monoisotopic (exact) mass is 234 g/mol. The quantitative estimate of drug-likeness (QED) is 0.672. The Morgan fingerprint density at radius 2 is 1.71 bits per heavy atom. The minimum atomic E-state index is -0.495. The molecule has 90 valence electrons. The summed E-state index contributed by atoms with van der Waals surface area (Å²) in [5.41, 5.74) is 0. The van der Waals surface area contributed by atoms with Gasteiger partial charge in [-0.3, -0.25) is 19.8 Å². The van der Waals surface area contributed by atoms with Crippen molar-refractivity contribution in [3.05, 3.63) is 0 Å². The molecule has 0 aromatic rings. The summed E-state index contributed by atoms with van der Waals surface area (Å²) in [5, 5.41) is 2.25. The molecule has 5 nitrogen and oxygen atoms in total. The summed E-state index contributed by atoms with van der Waals surface area (Å²) >= 11 is 0. The van der Waals surface area contributed by atoms with Crippen molar-refractivity contribution in [2.24, 2.45) is 23.7 Å². The maximum absolute atomic E-state index is 11.8. The lowest BCUT2D eigenvalue weighted by Gasteiger charge is -2.27. The SMILES string of the molecule is O=C1CC(=O)N(C2C3C4CCC(C4)C32)C(=O)N1. The first-order valence-electron chi connectivity index (χ1n) is 6.32. The Morgan fingerprint density at radius 1 is 1.06 bits per heavy atom. The van der Waals surface area contributed by atoms with Crippen molar-refractivity contribution in [3.63, 3.8) is 0 Å². The summed E-state index contributed by atoms with van der Waals surface area (Å²) in [5.74, 6) is 1.73. The van der Waals surface area contributed by atoms with Crippen LogP contribution in [0.3, 0.4) is 0 Å². The Balaban J connectivity index is 1.59. The van der Waals surface area contributed by atoms with Gasteiger partial charge in [-0.2, -0.15) is 0 Å². The molecule has 1 N–H and O–H groups in total. The molecule has 5 heteroatoms. The number of rotatable bonds is 1. The first-order chi connectivity index (χ1) is 8.16. The first kappa shape index (κ1) is 9.62. The van der Waals surface area contributed by atoms with E-state index in [2.05, 4.69) is 5.32 Å². The van der Waals surface area contributed by atoms with Crippen LogP contribution in [0.1, 0.15) is 25.7 Å². The molecule has 0 aromatic heterocycles. The summed E-state index contributed by atoms with van der Waals surface area (Å²) in [6.07, 6.45) is 3.63. The number of fused-ring (bicyclic) bond motifs is 5. The second-order valence-electron chi connectivity index (χ2n) is 5.77. The molecule has 1 saturated heterocycles. The summed E-state index contributed by atoms with van der Waals surface area (Å²) in [6.45, 7) is 0. The minimum absolute atomic E-state index is 0.0989. The van der Waals surface area contributed by atoms with Crippen molar-refractivity contribution in [1.29, 1.82) is 0 Å². The zero-order chi connectivity index (χ0) is 11.7. The van der Waals surface area contributed by atoms with E-state index in [0.717, 1.165) is 0 Å². The van der Waals surface area contributed by atoms with E-state index in [9.17, 15) is 14.4 Å². The van der Waals surface area contributed by atoms with Crippen LogP contribution in [-0.2, 0) is 9.59 Å². The van der Waals surface area contributed by atoms with Crippen molar-refractivity contribution >= 4 is 17.8 Å². The van der Waals surface area contributed by atoms with E-state index in [-0.39, 0.29) is 18.4 Å². The third-order valence-electron chi connectivity index (χ3n) is 5.04. The van der Waals surface area contributed by atoms with Crippen molar-refractivity contribution in [2.75, 3.05) is 0 Å². The van der Waals surface area contributed by atoms with Crippen LogP contribution in [0.5, 0.6) is 0 Å². The Hall–Kier alpha value is -1.39. The van der Waals surface area contributed by atoms with E-state index in [1.165, 1.54) is 24.2 Å². The van der Waals surface area contributed by atoms with Crippen LogP contribution in [-0.4, -0.2) is 28.8 Å². The average Bonchev–Trinajstić information content (AvgIpc) is 2.67. The van der Waals surface area contributed by atoms with Gasteiger partial charge in [0.2, 0.25) is 11.8 Å². The van der Waals surface area contributed by atoms with Crippen molar-refractivity contribution < 1.29 is 14.4 Å². The molecular formula is C12H14N2O3. The number of hydrogen-bond donors (Lipinski definition) is 1. The smallest absolute Gasteiger partial charge is 0.277 e. The number of nitrogens with zero attached hydrogens (tertiary/aromatic N) is 1. The normalized spacial score (nSPS) is 47.2. The molecule has 4 rings (SSSR count). The lowest BCUT2D eigenvalue weighted by molar-refractivity contribution is -0.137. The highest BCUT2D eigenvalue weighted by Crippen LogP contribution is 2.67. The number of nitrogens with one attached hydrogen (secondary N) is 1. The van der Waals surface area contributed by atoms with E-state index in [1.807, 2.05) is 0 Å². The molecule has 4 amide bonds. The molecule has 4 aliphatic rings. The van der Waals surface area contributed by atoms with Crippen molar-refractivity contribution in [3.8, 4) is 0 Å². The second kappa shape index (κ2) is 2.89. The van der Waals surface area contributed by atoms with Crippen LogP contribution >= 0.6 is 0 Å². The van der Waals surface area contributed by atoms with Crippen molar-refractivity contribution in [2.45, 2.75) is 31.7 Å². The van der Waals surface area contributed by atoms with E-state index in [0.29, 0.717) is 23.7 Å². The summed E-state index contributed by atoms with van der Waals surface area (Å²) in [6, 6.07) is -0.396. The number of imide groups is 2. The molecule has 0 radical (unpaired) electrons. The Labute approximate surface area is 98.5 Å². The molecule has 4 fully saturated rings. The van der Waals surface area contributed by atoms with Gasteiger partial charge in [0.05, 0.1) is 0 Å². The van der Waals surface area contributed by atoms with Gasteiger partial charge in [0, 0.05) is 6.04 Å². The molecule has 4 atom stereocenters. The number of carbonyl (C=O) groups is 3. The molecule has 3 aliphatic carbocycles. The Kier molecular flexibility index (Phi) is 1.63. The van der Waals surface area contributed by atoms with Crippen LogP contribution in [0.25, 0.3) is 0 Å². The number of carbonyl (C=O) groups excluding carboxylic acids is 3. The first-order valence-corrected chi connectivity index (χ1v) is 6.32. The zero-order valence-corrected chi connectivity index (χ0v) is 9.39. The Bertz CT molecular complexity index is 411. The summed E-state index contributed by atoms with van der Waals surface area (Å²) in [7, 11) is 0. The second-order valence-corrected chi connectivity index (χ2v) is 5.77. The maximum Gasteiger partial charge on any atom is 0.331 e. The van der Waals surface area contributed by atoms with Gasteiger partial charge in [-0.25, -0.2) is 4.79 Å². The molecule has 0 aromatic carbocycles. The molecule has 4 unspecified atom stereocenters. The lowest BCUT2D eigenvalue weighted by atomic mass is 10.0. The third-order valence-corrected chi connectivity index (χ3v) is 5.04. The van der Waals surface area contributed by atoms with Gasteiger partial charge in [-0.1, -0.05) is 0 Å². The standard InChI is InChI=1S/C12H14N2O3/c15-7-4-8(16)14(12(17)13-7)11-9-5-1-2-6(3-5)10(9)11/h5-6,9-11H,1-4H2,(H,13,15,17). The topological polar surface area (TPSA) is 66.5 Å². The van der Waals surface area contributed by atoms with Gasteiger partial charge in [-0.15, -0.1) is 0 Å². The Morgan fingerprint density at radius 3 is 2.29 bits per heavy atom. The van der Waals surface area contributed by atoms with Crippen LogP contribution < -0.4 is 5.32 Å². The van der Waals surface area contributed by atoms with Gasteiger partial charge in [0.15, 0.2) is 0 Å². The fourth-order valence-electron chi connectivity index (χ4n) is 4.49. The van der Waals surface area contributed by atoms with E-state index < -0.39 is 11.9 Å². The lowest BCUT2D eigenvalue weighted by Crippen LogP contribution is -2.54. The predicted octanol–water partition coefficient (Wildman–Crippen LogP) is 0.499. The van der Waals surface area contributed by atoms with E-state index >= 15 is 0 Å². The van der Waals surface area contributed by atoms with Gasteiger partial charge < -0.3 is 0 Å².